The molecular weight excluding hydrogens is 236 g/mol. The van der Waals surface area contributed by atoms with E-state index in [4.69, 9.17) is 0 Å². The van der Waals surface area contributed by atoms with Crippen molar-refractivity contribution in [3.05, 3.63) is 35.4 Å². The minimum atomic E-state index is -0.767. The van der Waals surface area contributed by atoms with Crippen LogP contribution in [0.25, 0.3) is 0 Å². The molecule has 0 aliphatic heterocycles. The monoisotopic (exact) mass is 256 g/mol. The lowest BCUT2D eigenvalue weighted by Crippen LogP contribution is -2.48. The maximum absolute atomic E-state index is 12.4. The van der Waals surface area contributed by atoms with Gasteiger partial charge in [0, 0.05) is 13.6 Å². The number of rotatable bonds is 3. The van der Waals surface area contributed by atoms with Gasteiger partial charge in [0.15, 0.2) is 0 Å². The molecule has 1 aromatic carbocycles. The number of nitrogens with zero attached hydrogens (tertiary/aromatic N) is 2. The molecule has 0 aromatic heterocycles. The lowest BCUT2D eigenvalue weighted by molar-refractivity contribution is -0.144. The van der Waals surface area contributed by atoms with Gasteiger partial charge in [0.2, 0.25) is 5.91 Å². The first-order valence-electron chi connectivity index (χ1n) is 6.70. The molecule has 3 heteroatoms. The third-order valence-corrected chi connectivity index (χ3v) is 4.03. The molecular formula is C16H20N2O. The molecule has 1 aliphatic rings. The third kappa shape index (κ3) is 2.49. The summed E-state index contributed by atoms with van der Waals surface area (Å²) in [6.45, 7) is 4.70. The summed E-state index contributed by atoms with van der Waals surface area (Å²) in [4.78, 5) is 14.1. The van der Waals surface area contributed by atoms with Crippen LogP contribution < -0.4 is 0 Å². The van der Waals surface area contributed by atoms with Crippen molar-refractivity contribution in [1.82, 2.24) is 4.90 Å². The number of hydrogen-bond donors (Lipinski definition) is 0. The van der Waals surface area contributed by atoms with Gasteiger partial charge in [-0.15, -0.1) is 0 Å². The Morgan fingerprint density at radius 1 is 1.47 bits per heavy atom. The van der Waals surface area contributed by atoms with Gasteiger partial charge in [-0.05, 0) is 36.8 Å². The number of hydrogen-bond acceptors (Lipinski definition) is 2. The SMILES string of the molecule is Cc1ccccc1CN(C)C(=O)C1(C#N)CC(C)C1. The molecule has 100 valence electrons. The Balaban J connectivity index is 2.09. The molecule has 2 rings (SSSR count). The van der Waals surface area contributed by atoms with Crippen LogP contribution >= 0.6 is 0 Å². The van der Waals surface area contributed by atoms with Gasteiger partial charge < -0.3 is 4.90 Å². The van der Waals surface area contributed by atoms with Gasteiger partial charge in [-0.1, -0.05) is 31.2 Å². The normalized spacial score (nSPS) is 25.3. The van der Waals surface area contributed by atoms with Crippen LogP contribution in [0.3, 0.4) is 0 Å². The molecule has 19 heavy (non-hydrogen) atoms. The minimum absolute atomic E-state index is 0.0312. The number of amides is 1. The van der Waals surface area contributed by atoms with Crippen molar-refractivity contribution in [1.29, 1.82) is 5.26 Å². The molecule has 1 amide bonds. The summed E-state index contributed by atoms with van der Waals surface area (Å²) in [5.41, 5.74) is 1.55. The lowest BCUT2D eigenvalue weighted by atomic mass is 9.63. The second kappa shape index (κ2) is 5.05. The van der Waals surface area contributed by atoms with Gasteiger partial charge in [0.25, 0.3) is 0 Å². The molecule has 1 aromatic rings. The Hall–Kier alpha value is -1.82. The van der Waals surface area contributed by atoms with Gasteiger partial charge in [0.1, 0.15) is 5.41 Å². The van der Waals surface area contributed by atoms with Gasteiger partial charge >= 0.3 is 0 Å². The molecule has 0 heterocycles. The van der Waals surface area contributed by atoms with Gasteiger partial charge in [-0.2, -0.15) is 5.26 Å². The van der Waals surface area contributed by atoms with Crippen molar-refractivity contribution in [3.8, 4) is 6.07 Å². The number of benzene rings is 1. The second-order valence-electron chi connectivity index (χ2n) is 5.80. The summed E-state index contributed by atoms with van der Waals surface area (Å²) in [6, 6.07) is 10.3. The summed E-state index contributed by atoms with van der Waals surface area (Å²) in [5.74, 6) is 0.451. The molecule has 3 nitrogen and oxygen atoms in total. The highest BCUT2D eigenvalue weighted by Crippen LogP contribution is 2.46. The van der Waals surface area contributed by atoms with Crippen LogP contribution in [-0.4, -0.2) is 17.9 Å². The van der Waals surface area contributed by atoms with Crippen LogP contribution in [0.2, 0.25) is 0 Å². The van der Waals surface area contributed by atoms with Crippen LogP contribution in [-0.2, 0) is 11.3 Å². The Labute approximate surface area is 114 Å². The topological polar surface area (TPSA) is 44.1 Å². The first kappa shape index (κ1) is 13.6. The fourth-order valence-electron chi connectivity index (χ4n) is 2.92. The van der Waals surface area contributed by atoms with E-state index in [1.807, 2.05) is 31.2 Å². The Bertz CT molecular complexity index is 524. The molecule has 0 N–H and O–H groups in total. The molecule has 1 aliphatic carbocycles. The first-order chi connectivity index (χ1) is 8.98. The van der Waals surface area contributed by atoms with E-state index in [0.717, 1.165) is 5.56 Å². The highest BCUT2D eigenvalue weighted by Gasteiger charge is 2.50. The van der Waals surface area contributed by atoms with Crippen molar-refractivity contribution in [2.45, 2.75) is 33.2 Å². The van der Waals surface area contributed by atoms with E-state index in [0.29, 0.717) is 25.3 Å². The van der Waals surface area contributed by atoms with Crippen LogP contribution in [0, 0.1) is 29.6 Å². The van der Waals surface area contributed by atoms with Gasteiger partial charge in [0.05, 0.1) is 6.07 Å². The lowest BCUT2D eigenvalue weighted by Gasteiger charge is -2.41. The number of carbonyl (C=O) groups excluding carboxylic acids is 1. The zero-order chi connectivity index (χ0) is 14.0. The van der Waals surface area contributed by atoms with E-state index in [1.54, 1.807) is 11.9 Å². The summed E-state index contributed by atoms with van der Waals surface area (Å²) in [6.07, 6.45) is 1.39. The maximum atomic E-state index is 12.4. The van der Waals surface area contributed by atoms with Crippen LogP contribution in [0.5, 0.6) is 0 Å². The van der Waals surface area contributed by atoms with E-state index < -0.39 is 5.41 Å². The van der Waals surface area contributed by atoms with E-state index in [2.05, 4.69) is 13.0 Å². The van der Waals surface area contributed by atoms with Gasteiger partial charge in [-0.25, -0.2) is 0 Å². The summed E-state index contributed by atoms with van der Waals surface area (Å²) in [7, 11) is 1.79. The predicted molar refractivity (Wildman–Crippen MR) is 74.1 cm³/mol. The summed E-state index contributed by atoms with van der Waals surface area (Å²) >= 11 is 0. The Morgan fingerprint density at radius 2 is 2.11 bits per heavy atom. The van der Waals surface area contributed by atoms with Crippen LogP contribution in [0.4, 0.5) is 0 Å². The van der Waals surface area contributed by atoms with Crippen molar-refractivity contribution >= 4 is 5.91 Å². The molecule has 1 fully saturated rings. The second-order valence-corrected chi connectivity index (χ2v) is 5.80. The van der Waals surface area contributed by atoms with Crippen molar-refractivity contribution in [2.24, 2.45) is 11.3 Å². The van der Waals surface area contributed by atoms with E-state index in [1.165, 1.54) is 5.56 Å². The molecule has 0 saturated heterocycles. The van der Waals surface area contributed by atoms with E-state index >= 15 is 0 Å². The van der Waals surface area contributed by atoms with Crippen molar-refractivity contribution < 1.29 is 4.79 Å². The van der Waals surface area contributed by atoms with Gasteiger partial charge in [-0.3, -0.25) is 4.79 Å². The van der Waals surface area contributed by atoms with Crippen molar-refractivity contribution in [2.75, 3.05) is 7.05 Å². The maximum Gasteiger partial charge on any atom is 0.243 e. The van der Waals surface area contributed by atoms with E-state index in [-0.39, 0.29) is 5.91 Å². The van der Waals surface area contributed by atoms with E-state index in [9.17, 15) is 10.1 Å². The average molecular weight is 256 g/mol. The minimum Gasteiger partial charge on any atom is -0.340 e. The zero-order valence-corrected chi connectivity index (χ0v) is 11.8. The molecule has 0 unspecified atom stereocenters. The number of carbonyl (C=O) groups is 1. The summed E-state index contributed by atoms with van der Waals surface area (Å²) in [5, 5.41) is 9.30. The molecule has 0 spiro atoms. The number of aryl methyl sites for hydroxylation is 1. The summed E-state index contributed by atoms with van der Waals surface area (Å²) < 4.78 is 0. The largest absolute Gasteiger partial charge is 0.340 e. The molecule has 0 atom stereocenters. The highest BCUT2D eigenvalue weighted by molar-refractivity contribution is 5.86. The molecule has 1 saturated carbocycles. The van der Waals surface area contributed by atoms with Crippen LogP contribution in [0.15, 0.2) is 24.3 Å². The quantitative estimate of drug-likeness (QED) is 0.834. The Morgan fingerprint density at radius 3 is 2.63 bits per heavy atom. The fourth-order valence-corrected chi connectivity index (χ4v) is 2.92. The fraction of sp³-hybridized carbons (Fsp3) is 0.500. The van der Waals surface area contributed by atoms with Crippen LogP contribution in [0.1, 0.15) is 30.9 Å². The molecule has 0 bridgehead atoms. The third-order valence-electron chi connectivity index (χ3n) is 4.03. The number of nitriles is 1. The zero-order valence-electron chi connectivity index (χ0n) is 11.8. The predicted octanol–water partition coefficient (Wildman–Crippen LogP) is 2.89. The first-order valence-corrected chi connectivity index (χ1v) is 6.70. The van der Waals surface area contributed by atoms with Crippen molar-refractivity contribution in [3.63, 3.8) is 0 Å². The smallest absolute Gasteiger partial charge is 0.243 e. The Kier molecular flexibility index (Phi) is 3.61. The standard InChI is InChI=1S/C16H20N2O/c1-12-8-16(9-12,11-17)15(19)18(3)10-14-7-5-4-6-13(14)2/h4-7,12H,8-10H2,1-3H3. The molecule has 0 radical (unpaired) electrons. The highest BCUT2D eigenvalue weighted by atomic mass is 16.2. The average Bonchev–Trinajstić information content (AvgIpc) is 2.36.